The van der Waals surface area contributed by atoms with Gasteiger partial charge in [0.1, 0.15) is 5.82 Å². The van der Waals surface area contributed by atoms with Crippen LogP contribution in [-0.4, -0.2) is 23.7 Å². The Morgan fingerprint density at radius 3 is 2.48 bits per heavy atom. The molecule has 21 heavy (non-hydrogen) atoms. The summed E-state index contributed by atoms with van der Waals surface area (Å²) in [4.78, 5) is 22.8. The van der Waals surface area contributed by atoms with Gasteiger partial charge in [0.05, 0.1) is 16.1 Å². The molecule has 1 fully saturated rings. The normalized spacial score (nSPS) is 16.0. The van der Waals surface area contributed by atoms with Crippen LogP contribution in [0.2, 0.25) is 5.02 Å². The average Bonchev–Trinajstić information content (AvgIpc) is 2.31. The highest BCUT2D eigenvalue weighted by Crippen LogP contribution is 2.40. The van der Waals surface area contributed by atoms with Gasteiger partial charge in [-0.3, -0.25) is 4.79 Å². The zero-order valence-electron chi connectivity index (χ0n) is 10.9. The molecule has 2 rings (SSSR count). The van der Waals surface area contributed by atoms with E-state index in [-0.39, 0.29) is 17.3 Å². The van der Waals surface area contributed by atoms with Crippen molar-refractivity contribution in [2.24, 2.45) is 5.41 Å². The van der Waals surface area contributed by atoms with E-state index in [1.54, 1.807) is 0 Å². The molecule has 1 aliphatic carbocycles. The second kappa shape index (κ2) is 5.85. The number of hydrogen-bond acceptors (Lipinski definition) is 2. The summed E-state index contributed by atoms with van der Waals surface area (Å²) in [5, 5.41) is 13.4. The summed E-state index contributed by atoms with van der Waals surface area (Å²) < 4.78 is 26.4. The second-order valence-electron chi connectivity index (χ2n) is 4.99. The minimum atomic E-state index is -1.01. The van der Waals surface area contributed by atoms with E-state index in [4.69, 9.17) is 16.7 Å². The predicted molar refractivity (Wildman–Crippen MR) is 72.3 cm³/mol. The van der Waals surface area contributed by atoms with Gasteiger partial charge in [-0.15, -0.1) is 0 Å². The molecule has 0 atom stereocenters. The monoisotopic (exact) mass is 318 g/mol. The highest BCUT2D eigenvalue weighted by atomic mass is 35.5. The van der Waals surface area contributed by atoms with Crippen molar-refractivity contribution in [3.8, 4) is 0 Å². The van der Waals surface area contributed by atoms with E-state index < -0.39 is 29.0 Å². The van der Waals surface area contributed by atoms with Crippen molar-refractivity contribution in [2.75, 3.05) is 11.9 Å². The van der Waals surface area contributed by atoms with Crippen molar-refractivity contribution < 1.29 is 23.5 Å². The lowest BCUT2D eigenvalue weighted by Crippen LogP contribution is -2.48. The lowest BCUT2D eigenvalue weighted by atomic mass is 9.69. The Labute approximate surface area is 124 Å². The summed E-state index contributed by atoms with van der Waals surface area (Å²) in [5.74, 6) is -2.84. The Balaban J connectivity index is 1.98. The lowest BCUT2D eigenvalue weighted by molar-refractivity contribution is -0.153. The summed E-state index contributed by atoms with van der Waals surface area (Å²) in [6.07, 6.45) is 1.75. The van der Waals surface area contributed by atoms with Crippen molar-refractivity contribution in [3.63, 3.8) is 0 Å². The molecule has 1 aromatic rings. The van der Waals surface area contributed by atoms with Crippen LogP contribution in [0.25, 0.3) is 0 Å². The van der Waals surface area contributed by atoms with Crippen LogP contribution in [-0.2, 0) is 4.79 Å². The fourth-order valence-corrected chi connectivity index (χ4v) is 2.38. The van der Waals surface area contributed by atoms with Crippen molar-refractivity contribution in [1.29, 1.82) is 0 Å². The van der Waals surface area contributed by atoms with Crippen LogP contribution in [0.15, 0.2) is 12.1 Å². The molecule has 1 saturated carbocycles. The molecule has 0 spiro atoms. The molecule has 1 aromatic carbocycles. The molecule has 1 aliphatic rings. The molecular formula is C13H13ClF2N2O3. The summed E-state index contributed by atoms with van der Waals surface area (Å²) in [5.41, 5.74) is -1.31. The SMILES string of the molecule is O=C(NCC1(C(=O)O)CCC1)Nc1c(F)cc(F)cc1Cl. The Hall–Kier alpha value is -1.89. The molecule has 5 nitrogen and oxygen atoms in total. The maximum Gasteiger partial charge on any atom is 0.319 e. The van der Waals surface area contributed by atoms with Gasteiger partial charge < -0.3 is 15.7 Å². The largest absolute Gasteiger partial charge is 0.481 e. The number of nitrogens with one attached hydrogen (secondary N) is 2. The van der Waals surface area contributed by atoms with Crippen LogP contribution in [0, 0.1) is 17.0 Å². The molecule has 3 N–H and O–H groups in total. The maximum atomic E-state index is 13.5. The molecular weight excluding hydrogens is 306 g/mol. The van der Waals surface area contributed by atoms with E-state index in [1.165, 1.54) is 0 Å². The number of aliphatic carboxylic acids is 1. The molecule has 2 amide bonds. The number of carbonyl (C=O) groups is 2. The number of carbonyl (C=O) groups excluding carboxylic acids is 1. The first-order valence-electron chi connectivity index (χ1n) is 6.27. The van der Waals surface area contributed by atoms with Gasteiger partial charge >= 0.3 is 12.0 Å². The number of halogens is 3. The Morgan fingerprint density at radius 1 is 1.33 bits per heavy atom. The zero-order chi connectivity index (χ0) is 15.6. The number of hydrogen-bond donors (Lipinski definition) is 3. The Morgan fingerprint density at radius 2 is 2.00 bits per heavy atom. The minimum Gasteiger partial charge on any atom is -0.481 e. The van der Waals surface area contributed by atoms with Crippen molar-refractivity contribution in [3.05, 3.63) is 28.8 Å². The lowest BCUT2D eigenvalue weighted by Gasteiger charge is -2.37. The molecule has 0 aromatic heterocycles. The van der Waals surface area contributed by atoms with Crippen LogP contribution in [0.4, 0.5) is 19.3 Å². The first kappa shape index (κ1) is 15.5. The summed E-state index contributed by atoms with van der Waals surface area (Å²) >= 11 is 5.64. The van der Waals surface area contributed by atoms with Crippen LogP contribution in [0.3, 0.4) is 0 Å². The summed E-state index contributed by atoms with van der Waals surface area (Å²) in [6.45, 7) is -0.0609. The van der Waals surface area contributed by atoms with Gasteiger partial charge in [-0.25, -0.2) is 13.6 Å². The first-order chi connectivity index (χ1) is 9.84. The third-order valence-electron chi connectivity index (χ3n) is 3.60. The van der Waals surface area contributed by atoms with Crippen LogP contribution < -0.4 is 10.6 Å². The quantitative estimate of drug-likeness (QED) is 0.798. The molecule has 114 valence electrons. The molecule has 0 bridgehead atoms. The fraction of sp³-hybridized carbons (Fsp3) is 0.385. The molecule has 0 aliphatic heterocycles. The highest BCUT2D eigenvalue weighted by molar-refractivity contribution is 6.33. The van der Waals surface area contributed by atoms with Gasteiger partial charge in [-0.05, 0) is 18.9 Å². The number of carboxylic acids is 1. The topological polar surface area (TPSA) is 78.4 Å². The van der Waals surface area contributed by atoms with Crippen molar-refractivity contribution in [2.45, 2.75) is 19.3 Å². The molecule has 0 saturated heterocycles. The van der Waals surface area contributed by atoms with Crippen molar-refractivity contribution in [1.82, 2.24) is 5.32 Å². The number of urea groups is 1. The van der Waals surface area contributed by atoms with Crippen LogP contribution in [0.5, 0.6) is 0 Å². The van der Waals surface area contributed by atoms with E-state index in [0.717, 1.165) is 12.5 Å². The minimum absolute atomic E-state index is 0.0609. The van der Waals surface area contributed by atoms with E-state index >= 15 is 0 Å². The number of benzene rings is 1. The van der Waals surface area contributed by atoms with E-state index in [0.29, 0.717) is 18.9 Å². The Bertz CT molecular complexity index is 568. The number of anilines is 1. The summed E-state index contributed by atoms with van der Waals surface area (Å²) in [6, 6.07) is 0.659. The number of amides is 2. The predicted octanol–water partition coefficient (Wildman–Crippen LogP) is 2.99. The van der Waals surface area contributed by atoms with Gasteiger partial charge in [-0.2, -0.15) is 0 Å². The van der Waals surface area contributed by atoms with Gasteiger partial charge in [0.2, 0.25) is 0 Å². The molecule has 0 unspecified atom stereocenters. The zero-order valence-corrected chi connectivity index (χ0v) is 11.6. The average molecular weight is 319 g/mol. The maximum absolute atomic E-state index is 13.5. The van der Waals surface area contributed by atoms with E-state index in [9.17, 15) is 18.4 Å². The van der Waals surface area contributed by atoms with Gasteiger partial charge in [0, 0.05) is 12.6 Å². The summed E-state index contributed by atoms with van der Waals surface area (Å²) in [7, 11) is 0. The van der Waals surface area contributed by atoms with Gasteiger partial charge in [-0.1, -0.05) is 18.0 Å². The smallest absolute Gasteiger partial charge is 0.319 e. The molecule has 8 heteroatoms. The van der Waals surface area contributed by atoms with Crippen LogP contribution >= 0.6 is 11.6 Å². The van der Waals surface area contributed by atoms with E-state index in [1.807, 2.05) is 0 Å². The standard InChI is InChI=1S/C13H13ClF2N2O3/c14-8-4-7(15)5-9(16)10(8)18-12(21)17-6-13(11(19)20)2-1-3-13/h4-5H,1-3,6H2,(H,19,20)(H2,17,18,21). The molecule has 0 radical (unpaired) electrons. The van der Waals surface area contributed by atoms with Crippen molar-refractivity contribution >= 4 is 29.3 Å². The Kier molecular flexibility index (Phi) is 4.32. The second-order valence-corrected chi connectivity index (χ2v) is 5.40. The molecule has 0 heterocycles. The van der Waals surface area contributed by atoms with Crippen LogP contribution in [0.1, 0.15) is 19.3 Å². The number of rotatable bonds is 4. The highest BCUT2D eigenvalue weighted by Gasteiger charge is 2.44. The first-order valence-corrected chi connectivity index (χ1v) is 6.65. The number of carboxylic acid groups (broad SMARTS) is 1. The third kappa shape index (κ3) is 3.24. The van der Waals surface area contributed by atoms with Gasteiger partial charge in [0.15, 0.2) is 5.82 Å². The fourth-order valence-electron chi connectivity index (χ4n) is 2.14. The van der Waals surface area contributed by atoms with E-state index in [2.05, 4.69) is 10.6 Å². The van der Waals surface area contributed by atoms with Gasteiger partial charge in [0.25, 0.3) is 0 Å². The third-order valence-corrected chi connectivity index (χ3v) is 3.90.